The van der Waals surface area contributed by atoms with E-state index in [-0.39, 0.29) is 6.61 Å². The van der Waals surface area contributed by atoms with Crippen molar-refractivity contribution in [3.63, 3.8) is 0 Å². The molecule has 78 valence electrons. The van der Waals surface area contributed by atoms with Crippen LogP contribution in [0.3, 0.4) is 0 Å². The Balaban J connectivity index is 2.88. The molecular weight excluding hydrogens is 196 g/mol. The number of hydrogen-bond acceptors (Lipinski definition) is 2. The van der Waals surface area contributed by atoms with Crippen molar-refractivity contribution < 1.29 is 9.32 Å². The van der Waals surface area contributed by atoms with E-state index in [1.165, 1.54) is 5.56 Å². The van der Waals surface area contributed by atoms with Crippen LogP contribution in [0.25, 0.3) is 0 Å². The van der Waals surface area contributed by atoms with Gasteiger partial charge in [0.1, 0.15) is 0 Å². The molecule has 0 aliphatic rings. The van der Waals surface area contributed by atoms with Crippen molar-refractivity contribution in [3.05, 3.63) is 29.8 Å². The number of aliphatic hydroxyl groups is 1. The zero-order valence-corrected chi connectivity index (χ0v) is 9.38. The van der Waals surface area contributed by atoms with Crippen molar-refractivity contribution >= 4 is 10.8 Å². The summed E-state index contributed by atoms with van der Waals surface area (Å²) >= 11 is 0. The maximum Gasteiger partial charge on any atom is 0.0552 e. The molecule has 0 aliphatic carbocycles. The highest BCUT2D eigenvalue weighted by Gasteiger charge is 2.05. The first-order valence-corrected chi connectivity index (χ1v) is 6.06. The van der Waals surface area contributed by atoms with E-state index in [0.29, 0.717) is 11.7 Å². The third kappa shape index (κ3) is 2.93. The molecule has 0 aromatic heterocycles. The Kier molecular flexibility index (Phi) is 4.29. The second-order valence-electron chi connectivity index (χ2n) is 3.50. The summed E-state index contributed by atoms with van der Waals surface area (Å²) in [4.78, 5) is 0.810. The topological polar surface area (TPSA) is 37.3 Å². The van der Waals surface area contributed by atoms with Crippen molar-refractivity contribution in [1.82, 2.24) is 0 Å². The Morgan fingerprint density at radius 2 is 2.14 bits per heavy atom. The van der Waals surface area contributed by atoms with Crippen molar-refractivity contribution in [3.8, 4) is 0 Å². The molecule has 0 fully saturated rings. The molecule has 0 aliphatic heterocycles. The standard InChI is InChI=1S/C11H16O2S/c1-9(2)10-4-3-5-11(8-10)14(13)7-6-12/h3-5,8-9,12H,6-7H2,1-2H3. The van der Waals surface area contributed by atoms with Crippen molar-refractivity contribution in [2.45, 2.75) is 24.7 Å². The van der Waals surface area contributed by atoms with Crippen LogP contribution in [0.1, 0.15) is 25.3 Å². The van der Waals surface area contributed by atoms with E-state index >= 15 is 0 Å². The molecule has 1 rings (SSSR count). The van der Waals surface area contributed by atoms with E-state index in [9.17, 15) is 4.21 Å². The van der Waals surface area contributed by atoms with Crippen LogP contribution in [-0.4, -0.2) is 21.7 Å². The van der Waals surface area contributed by atoms with Gasteiger partial charge >= 0.3 is 0 Å². The first kappa shape index (κ1) is 11.4. The van der Waals surface area contributed by atoms with Gasteiger partial charge in [0.2, 0.25) is 0 Å². The van der Waals surface area contributed by atoms with E-state index in [1.807, 2.05) is 24.3 Å². The molecule has 1 aromatic rings. The van der Waals surface area contributed by atoms with Gasteiger partial charge in [0.05, 0.1) is 23.2 Å². The Morgan fingerprint density at radius 3 is 2.71 bits per heavy atom. The van der Waals surface area contributed by atoms with E-state index in [1.54, 1.807) is 0 Å². The molecule has 1 aromatic carbocycles. The van der Waals surface area contributed by atoms with Gasteiger partial charge in [-0.3, -0.25) is 4.21 Å². The molecular formula is C11H16O2S. The third-order valence-electron chi connectivity index (χ3n) is 2.06. The second kappa shape index (κ2) is 5.27. The van der Waals surface area contributed by atoms with Gasteiger partial charge in [-0.25, -0.2) is 0 Å². The summed E-state index contributed by atoms with van der Waals surface area (Å²) in [6, 6.07) is 7.75. The van der Waals surface area contributed by atoms with Gasteiger partial charge in [-0.15, -0.1) is 0 Å². The minimum Gasteiger partial charge on any atom is -0.395 e. The van der Waals surface area contributed by atoms with Gasteiger partial charge in [-0.05, 0) is 23.6 Å². The maximum absolute atomic E-state index is 11.6. The Hall–Kier alpha value is -0.670. The molecule has 0 heterocycles. The predicted molar refractivity (Wildman–Crippen MR) is 58.9 cm³/mol. The zero-order valence-electron chi connectivity index (χ0n) is 8.56. The molecule has 0 radical (unpaired) electrons. The fourth-order valence-electron chi connectivity index (χ4n) is 1.22. The summed E-state index contributed by atoms with van der Waals surface area (Å²) < 4.78 is 11.6. The Morgan fingerprint density at radius 1 is 1.43 bits per heavy atom. The van der Waals surface area contributed by atoms with Gasteiger partial charge in [0, 0.05) is 4.90 Å². The number of aliphatic hydroxyl groups excluding tert-OH is 1. The van der Waals surface area contributed by atoms with Crippen LogP contribution >= 0.6 is 0 Å². The quantitative estimate of drug-likeness (QED) is 0.827. The lowest BCUT2D eigenvalue weighted by atomic mass is 10.0. The molecule has 14 heavy (non-hydrogen) atoms. The first-order chi connectivity index (χ1) is 6.65. The second-order valence-corrected chi connectivity index (χ2v) is 5.07. The fourth-order valence-corrected chi connectivity index (χ4v) is 2.12. The van der Waals surface area contributed by atoms with Crippen LogP contribution in [0.15, 0.2) is 29.2 Å². The average Bonchev–Trinajstić information content (AvgIpc) is 2.18. The summed E-state index contributed by atoms with van der Waals surface area (Å²) in [6.07, 6.45) is 0. The minimum absolute atomic E-state index is 0.0292. The Labute approximate surface area is 87.4 Å². The van der Waals surface area contributed by atoms with E-state index in [2.05, 4.69) is 13.8 Å². The molecule has 0 saturated heterocycles. The molecule has 0 saturated carbocycles. The predicted octanol–water partition coefficient (Wildman–Crippen LogP) is 1.91. The summed E-state index contributed by atoms with van der Waals surface area (Å²) in [5, 5.41) is 8.68. The van der Waals surface area contributed by atoms with E-state index in [0.717, 1.165) is 4.90 Å². The van der Waals surface area contributed by atoms with Crippen LogP contribution in [-0.2, 0) is 10.8 Å². The lowest BCUT2D eigenvalue weighted by Crippen LogP contribution is -2.02. The molecule has 1 N–H and O–H groups in total. The van der Waals surface area contributed by atoms with Crippen molar-refractivity contribution in [1.29, 1.82) is 0 Å². The summed E-state index contributed by atoms with van der Waals surface area (Å²) in [5.74, 6) is 0.766. The highest BCUT2D eigenvalue weighted by molar-refractivity contribution is 7.85. The van der Waals surface area contributed by atoms with Gasteiger partial charge in [0.25, 0.3) is 0 Å². The maximum atomic E-state index is 11.6. The number of hydrogen-bond donors (Lipinski definition) is 1. The molecule has 1 unspecified atom stereocenters. The lowest BCUT2D eigenvalue weighted by molar-refractivity contribution is 0.321. The van der Waals surface area contributed by atoms with Crippen LogP contribution in [0, 0.1) is 0 Å². The van der Waals surface area contributed by atoms with Crippen molar-refractivity contribution in [2.75, 3.05) is 12.4 Å². The normalized spacial score (nSPS) is 13.1. The lowest BCUT2D eigenvalue weighted by Gasteiger charge is -2.07. The zero-order chi connectivity index (χ0) is 10.6. The SMILES string of the molecule is CC(C)c1cccc(S(=O)CCO)c1. The van der Waals surface area contributed by atoms with Gasteiger partial charge < -0.3 is 5.11 Å². The van der Waals surface area contributed by atoms with Gasteiger partial charge in [0.15, 0.2) is 0 Å². The summed E-state index contributed by atoms with van der Waals surface area (Å²) in [6.45, 7) is 4.18. The third-order valence-corrected chi connectivity index (χ3v) is 3.40. The summed E-state index contributed by atoms with van der Waals surface area (Å²) in [7, 11) is -1.06. The monoisotopic (exact) mass is 212 g/mol. The van der Waals surface area contributed by atoms with Crippen LogP contribution < -0.4 is 0 Å². The van der Waals surface area contributed by atoms with Gasteiger partial charge in [-0.2, -0.15) is 0 Å². The van der Waals surface area contributed by atoms with E-state index in [4.69, 9.17) is 5.11 Å². The molecule has 3 heteroatoms. The minimum atomic E-state index is -1.06. The van der Waals surface area contributed by atoms with Crippen LogP contribution in [0.2, 0.25) is 0 Å². The number of benzene rings is 1. The number of rotatable bonds is 4. The molecule has 0 spiro atoms. The van der Waals surface area contributed by atoms with E-state index < -0.39 is 10.8 Å². The summed E-state index contributed by atoms with van der Waals surface area (Å²) in [5.41, 5.74) is 1.19. The highest BCUT2D eigenvalue weighted by Crippen LogP contribution is 2.17. The molecule has 2 nitrogen and oxygen atoms in total. The van der Waals surface area contributed by atoms with Crippen molar-refractivity contribution in [2.24, 2.45) is 0 Å². The molecule has 1 atom stereocenters. The largest absolute Gasteiger partial charge is 0.395 e. The molecule has 0 bridgehead atoms. The van der Waals surface area contributed by atoms with Gasteiger partial charge in [-0.1, -0.05) is 26.0 Å². The van der Waals surface area contributed by atoms with Crippen LogP contribution in [0.5, 0.6) is 0 Å². The average molecular weight is 212 g/mol. The Bertz CT molecular complexity index is 321. The highest BCUT2D eigenvalue weighted by atomic mass is 32.2. The smallest absolute Gasteiger partial charge is 0.0552 e. The van der Waals surface area contributed by atoms with Crippen LogP contribution in [0.4, 0.5) is 0 Å². The molecule has 0 amide bonds. The fraction of sp³-hybridized carbons (Fsp3) is 0.455. The first-order valence-electron chi connectivity index (χ1n) is 4.74.